The van der Waals surface area contributed by atoms with Crippen LogP contribution in [0.15, 0.2) is 30.5 Å². The van der Waals surface area contributed by atoms with Gasteiger partial charge < -0.3 is 14.4 Å². The molecule has 2 aliphatic rings. The van der Waals surface area contributed by atoms with Gasteiger partial charge in [-0.2, -0.15) is 5.26 Å². The molecule has 184 valence electrons. The normalized spacial score (nSPS) is 18.2. The van der Waals surface area contributed by atoms with Crippen LogP contribution < -0.4 is 10.1 Å². The molecule has 0 spiro atoms. The highest BCUT2D eigenvalue weighted by Crippen LogP contribution is 2.37. The summed E-state index contributed by atoms with van der Waals surface area (Å²) in [7, 11) is 3.19. The number of thiazole rings is 1. The Balaban J connectivity index is 1.35. The highest BCUT2D eigenvalue weighted by Gasteiger charge is 2.41. The third kappa shape index (κ3) is 4.32. The number of amides is 2. The Morgan fingerprint density at radius 1 is 1.19 bits per heavy atom. The number of aromatic nitrogens is 2. The lowest BCUT2D eigenvalue weighted by molar-refractivity contribution is -0.147. The highest BCUT2D eigenvalue weighted by atomic mass is 32.1. The molecule has 2 amide bonds. The van der Waals surface area contributed by atoms with E-state index in [4.69, 9.17) is 9.47 Å². The zero-order valence-corrected chi connectivity index (χ0v) is 21.0. The number of carbonyl (C=O) groups is 2. The van der Waals surface area contributed by atoms with E-state index < -0.39 is 0 Å². The van der Waals surface area contributed by atoms with Gasteiger partial charge in [0.05, 0.1) is 60.0 Å². The maximum Gasteiger partial charge on any atom is 0.259 e. The molecular weight excluding hydrogens is 478 g/mol. The van der Waals surface area contributed by atoms with Crippen molar-refractivity contribution in [2.75, 3.05) is 19.5 Å². The maximum absolute atomic E-state index is 13.3. The predicted molar refractivity (Wildman–Crippen MR) is 134 cm³/mol. The van der Waals surface area contributed by atoms with E-state index in [0.29, 0.717) is 46.2 Å². The topological polar surface area (TPSA) is 117 Å². The second-order valence-corrected chi connectivity index (χ2v) is 9.98. The Kier molecular flexibility index (Phi) is 6.43. The first-order chi connectivity index (χ1) is 17.4. The smallest absolute Gasteiger partial charge is 0.259 e. The number of ether oxygens (including phenoxy) is 2. The van der Waals surface area contributed by atoms with Crippen LogP contribution in [0, 0.1) is 24.2 Å². The summed E-state index contributed by atoms with van der Waals surface area (Å²) in [5.74, 6) is 0.216. The molecular formula is C26H25N5O4S. The van der Waals surface area contributed by atoms with Crippen LogP contribution in [0.5, 0.6) is 5.75 Å². The summed E-state index contributed by atoms with van der Waals surface area (Å²) in [5, 5.41) is 12.7. The Morgan fingerprint density at radius 3 is 2.69 bits per heavy atom. The second kappa shape index (κ2) is 9.68. The van der Waals surface area contributed by atoms with Gasteiger partial charge >= 0.3 is 0 Å². The fourth-order valence-corrected chi connectivity index (χ4v) is 5.62. The van der Waals surface area contributed by atoms with Crippen LogP contribution in [0.3, 0.4) is 0 Å². The Morgan fingerprint density at radius 2 is 2.03 bits per heavy atom. The number of nitrogens with zero attached hydrogens (tertiary/aromatic N) is 4. The molecule has 1 aromatic carbocycles. The lowest BCUT2D eigenvalue weighted by atomic mass is 9.81. The molecule has 5 rings (SSSR count). The van der Waals surface area contributed by atoms with Gasteiger partial charge in [0, 0.05) is 30.1 Å². The van der Waals surface area contributed by atoms with Crippen LogP contribution in [0.2, 0.25) is 0 Å². The number of pyridine rings is 1. The molecule has 1 aliphatic carbocycles. The number of nitrogens with one attached hydrogen (secondary N) is 1. The molecule has 1 fully saturated rings. The summed E-state index contributed by atoms with van der Waals surface area (Å²) in [6, 6.07) is 9.01. The Labute approximate surface area is 212 Å². The Bertz CT molecular complexity index is 1370. The first-order valence-electron chi connectivity index (χ1n) is 11.6. The molecule has 36 heavy (non-hydrogen) atoms. The Hall–Kier alpha value is -3.81. The third-order valence-electron chi connectivity index (χ3n) is 6.72. The number of nitriles is 1. The summed E-state index contributed by atoms with van der Waals surface area (Å²) in [6.45, 7) is 2.76. The van der Waals surface area contributed by atoms with Crippen molar-refractivity contribution in [1.29, 1.82) is 5.26 Å². The molecule has 3 aromatic rings. The zero-order chi connectivity index (χ0) is 25.4. The van der Waals surface area contributed by atoms with Crippen LogP contribution >= 0.6 is 11.3 Å². The van der Waals surface area contributed by atoms with Gasteiger partial charge in [0.25, 0.3) is 5.91 Å². The number of fused-ring (bicyclic) bond motifs is 1. The minimum atomic E-state index is -0.361. The van der Waals surface area contributed by atoms with Crippen LogP contribution in [-0.2, 0) is 22.6 Å². The monoisotopic (exact) mass is 503 g/mol. The van der Waals surface area contributed by atoms with Gasteiger partial charge in [-0.15, -0.1) is 0 Å². The van der Waals surface area contributed by atoms with Gasteiger partial charge in [0.1, 0.15) is 5.75 Å². The van der Waals surface area contributed by atoms with Gasteiger partial charge in [0.15, 0.2) is 5.13 Å². The highest BCUT2D eigenvalue weighted by molar-refractivity contribution is 7.16. The first-order valence-corrected chi connectivity index (χ1v) is 12.4. The number of carbonyl (C=O) groups excluding carboxylic acids is 2. The van der Waals surface area contributed by atoms with E-state index in [-0.39, 0.29) is 23.8 Å². The predicted octanol–water partition coefficient (Wildman–Crippen LogP) is 3.91. The van der Waals surface area contributed by atoms with Crippen molar-refractivity contribution in [2.45, 2.75) is 39.0 Å². The van der Waals surface area contributed by atoms with E-state index in [9.17, 15) is 14.9 Å². The van der Waals surface area contributed by atoms with Crippen LogP contribution in [0.1, 0.15) is 45.0 Å². The largest absolute Gasteiger partial charge is 0.496 e. The summed E-state index contributed by atoms with van der Waals surface area (Å²) in [4.78, 5) is 37.8. The first kappa shape index (κ1) is 23.9. The van der Waals surface area contributed by atoms with E-state index in [1.54, 1.807) is 38.5 Å². The number of hydrogen-bond donors (Lipinski definition) is 1. The number of hydrogen-bond acceptors (Lipinski definition) is 8. The number of methoxy groups -OCH3 is 2. The zero-order valence-electron chi connectivity index (χ0n) is 20.2. The summed E-state index contributed by atoms with van der Waals surface area (Å²) >= 11 is 1.37. The molecule has 2 unspecified atom stereocenters. The molecule has 1 saturated carbocycles. The van der Waals surface area contributed by atoms with Crippen molar-refractivity contribution in [3.05, 3.63) is 57.9 Å². The number of anilines is 1. The van der Waals surface area contributed by atoms with Crippen LogP contribution in [0.4, 0.5) is 5.13 Å². The lowest BCUT2D eigenvalue weighted by Gasteiger charge is -2.36. The van der Waals surface area contributed by atoms with Gasteiger partial charge in [-0.3, -0.25) is 19.9 Å². The van der Waals surface area contributed by atoms with E-state index in [0.717, 1.165) is 29.1 Å². The van der Waals surface area contributed by atoms with E-state index >= 15 is 0 Å². The quantitative estimate of drug-likeness (QED) is 0.542. The van der Waals surface area contributed by atoms with Gasteiger partial charge in [0.2, 0.25) is 5.91 Å². The standard InChI is InChI=1S/C26H25N5O4S/c1-14-8-17(18-9-15(10-27)4-6-22(18)35-3)19(11-28-14)24(32)30-26-29-20-12-31(13-23(20)36-26)25(33)16-5-7-21(16)34-2/h4,6,8-9,11,16,21H,5,7,12-13H2,1-3H3,(H,29,30,32). The molecule has 2 atom stereocenters. The second-order valence-electron chi connectivity index (χ2n) is 8.89. The molecule has 3 heterocycles. The number of rotatable bonds is 6. The lowest BCUT2D eigenvalue weighted by Crippen LogP contribution is -2.45. The van der Waals surface area contributed by atoms with E-state index in [1.807, 2.05) is 11.8 Å². The van der Waals surface area contributed by atoms with Crippen molar-refractivity contribution < 1.29 is 19.1 Å². The summed E-state index contributed by atoms with van der Waals surface area (Å²) < 4.78 is 10.9. The van der Waals surface area contributed by atoms with Gasteiger partial charge in [-0.25, -0.2) is 4.98 Å². The fourth-order valence-electron chi connectivity index (χ4n) is 4.63. The molecule has 0 bridgehead atoms. The molecule has 0 saturated heterocycles. The van der Waals surface area contributed by atoms with Gasteiger partial charge in [-0.05, 0) is 44.0 Å². The third-order valence-corrected chi connectivity index (χ3v) is 7.72. The molecule has 2 aromatic heterocycles. The van der Waals surface area contributed by atoms with Crippen LogP contribution in [0.25, 0.3) is 11.1 Å². The maximum atomic E-state index is 13.3. The SMILES string of the molecule is COc1ccc(C#N)cc1-c1cc(C)ncc1C(=O)Nc1nc2c(s1)CN(C(=O)C1CCC1OC)C2. The number of benzene rings is 1. The summed E-state index contributed by atoms with van der Waals surface area (Å²) in [6.07, 6.45) is 3.29. The summed E-state index contributed by atoms with van der Waals surface area (Å²) in [5.41, 5.74) is 3.59. The minimum Gasteiger partial charge on any atom is -0.496 e. The van der Waals surface area contributed by atoms with Crippen molar-refractivity contribution in [3.8, 4) is 22.9 Å². The molecule has 9 nitrogen and oxygen atoms in total. The van der Waals surface area contributed by atoms with Crippen molar-refractivity contribution >= 4 is 28.3 Å². The minimum absolute atomic E-state index is 0.00346. The fraction of sp³-hybridized carbons (Fsp3) is 0.346. The van der Waals surface area contributed by atoms with Gasteiger partial charge in [-0.1, -0.05) is 11.3 Å². The van der Waals surface area contributed by atoms with Crippen molar-refractivity contribution in [1.82, 2.24) is 14.9 Å². The average Bonchev–Trinajstić information content (AvgIpc) is 3.42. The van der Waals surface area contributed by atoms with Crippen molar-refractivity contribution in [2.24, 2.45) is 5.92 Å². The van der Waals surface area contributed by atoms with E-state index in [1.165, 1.54) is 17.5 Å². The molecule has 1 N–H and O–H groups in total. The molecule has 1 aliphatic heterocycles. The average molecular weight is 504 g/mol. The molecule has 0 radical (unpaired) electrons. The van der Waals surface area contributed by atoms with E-state index in [2.05, 4.69) is 21.4 Å². The van der Waals surface area contributed by atoms with Crippen molar-refractivity contribution in [3.63, 3.8) is 0 Å². The molecule has 10 heteroatoms. The van der Waals surface area contributed by atoms with Crippen LogP contribution in [-0.4, -0.2) is 47.0 Å². The number of aryl methyl sites for hydroxylation is 1.